The Hall–Kier alpha value is -3.74. The monoisotopic (exact) mass is 494 g/mol. The summed E-state index contributed by atoms with van der Waals surface area (Å²) in [5.74, 6) is -0.421. The Morgan fingerprint density at radius 2 is 1.87 bits per heavy atom. The largest absolute Gasteiger partial charge is 0.573 e. The highest BCUT2D eigenvalue weighted by Crippen LogP contribution is 2.33. The van der Waals surface area contributed by atoms with Crippen molar-refractivity contribution >= 4 is 27.5 Å². The first-order valence-electron chi connectivity index (χ1n) is 8.44. The number of halogens is 4. The topological polar surface area (TPSA) is 119 Å². The number of nitrogens with one attached hydrogen (secondary N) is 2. The maximum atomic E-state index is 12.7. The Morgan fingerprint density at radius 1 is 1.13 bits per heavy atom. The highest BCUT2D eigenvalue weighted by atomic mass is 79.9. The Labute approximate surface area is 179 Å². The number of ether oxygens (including phenoxy) is 1. The highest BCUT2D eigenvalue weighted by molar-refractivity contribution is 9.10. The molecule has 0 aliphatic heterocycles. The summed E-state index contributed by atoms with van der Waals surface area (Å²) in [7, 11) is 0. The second-order valence-corrected chi connectivity index (χ2v) is 6.84. The van der Waals surface area contributed by atoms with Crippen LogP contribution in [0.5, 0.6) is 5.75 Å². The van der Waals surface area contributed by atoms with E-state index in [0.717, 1.165) is 12.5 Å². The number of nitrogens with zero attached hydrogens (tertiary/aromatic N) is 4. The number of hydrogen-bond acceptors (Lipinski definition) is 7. The molecule has 2 aromatic heterocycles. The SMILES string of the molecule is O=C(Nc1ccc(OC(F)(F)F)c(Br)c1)c1ncoc1-c1ccc(-c2nn[nH]n2)cc1. The molecule has 9 nitrogen and oxygen atoms in total. The van der Waals surface area contributed by atoms with E-state index < -0.39 is 18.0 Å². The van der Waals surface area contributed by atoms with Crippen molar-refractivity contribution in [3.05, 3.63) is 59.0 Å². The van der Waals surface area contributed by atoms with Crippen LogP contribution in [0.15, 0.2) is 57.7 Å². The summed E-state index contributed by atoms with van der Waals surface area (Å²) in [6, 6.07) is 10.5. The van der Waals surface area contributed by atoms with E-state index in [4.69, 9.17) is 4.42 Å². The molecule has 2 aromatic carbocycles. The van der Waals surface area contributed by atoms with E-state index in [1.807, 2.05) is 0 Å². The van der Waals surface area contributed by atoms with Crippen LogP contribution in [0.25, 0.3) is 22.7 Å². The summed E-state index contributed by atoms with van der Waals surface area (Å²) in [5, 5.41) is 16.2. The van der Waals surface area contributed by atoms with Gasteiger partial charge in [0.1, 0.15) is 5.75 Å². The number of hydrogen-bond donors (Lipinski definition) is 2. The summed E-state index contributed by atoms with van der Waals surface area (Å²) < 4.78 is 46.4. The van der Waals surface area contributed by atoms with E-state index in [9.17, 15) is 18.0 Å². The second kappa shape index (κ2) is 8.18. The number of anilines is 1. The predicted octanol–water partition coefficient (Wildman–Crippen LogP) is 4.44. The molecule has 4 aromatic rings. The van der Waals surface area contributed by atoms with Gasteiger partial charge in [-0.05, 0) is 39.3 Å². The fraction of sp³-hybridized carbons (Fsp3) is 0.0556. The number of tetrazole rings is 1. The van der Waals surface area contributed by atoms with Gasteiger partial charge in [0, 0.05) is 16.8 Å². The highest BCUT2D eigenvalue weighted by Gasteiger charge is 2.32. The zero-order valence-electron chi connectivity index (χ0n) is 15.1. The van der Waals surface area contributed by atoms with Gasteiger partial charge in [0.25, 0.3) is 5.91 Å². The van der Waals surface area contributed by atoms with E-state index in [1.165, 1.54) is 12.1 Å². The van der Waals surface area contributed by atoms with Crippen molar-refractivity contribution in [3.8, 4) is 28.5 Å². The Kier molecular flexibility index (Phi) is 5.42. The molecule has 0 radical (unpaired) electrons. The Morgan fingerprint density at radius 3 is 2.52 bits per heavy atom. The van der Waals surface area contributed by atoms with Crippen LogP contribution in [-0.2, 0) is 0 Å². The van der Waals surface area contributed by atoms with Gasteiger partial charge in [-0.3, -0.25) is 4.79 Å². The van der Waals surface area contributed by atoms with Crippen LogP contribution in [0.4, 0.5) is 18.9 Å². The number of oxazole rings is 1. The third kappa shape index (κ3) is 4.71. The number of H-pyrrole nitrogens is 1. The third-order valence-electron chi connectivity index (χ3n) is 3.95. The summed E-state index contributed by atoms with van der Waals surface area (Å²) in [6.45, 7) is 0. The van der Waals surface area contributed by atoms with Crippen molar-refractivity contribution in [1.29, 1.82) is 0 Å². The molecule has 158 valence electrons. The van der Waals surface area contributed by atoms with Crippen LogP contribution < -0.4 is 10.1 Å². The molecule has 13 heteroatoms. The number of aromatic nitrogens is 5. The van der Waals surface area contributed by atoms with Crippen LogP contribution in [0.3, 0.4) is 0 Å². The summed E-state index contributed by atoms with van der Waals surface area (Å²) in [6.07, 6.45) is -3.71. The lowest BCUT2D eigenvalue weighted by atomic mass is 10.1. The Bertz CT molecular complexity index is 1210. The quantitative estimate of drug-likeness (QED) is 0.421. The minimum Gasteiger partial charge on any atom is -0.443 e. The Balaban J connectivity index is 1.52. The number of rotatable bonds is 5. The van der Waals surface area contributed by atoms with Crippen LogP contribution in [0, 0.1) is 0 Å². The van der Waals surface area contributed by atoms with Crippen LogP contribution in [0.2, 0.25) is 0 Å². The lowest BCUT2D eigenvalue weighted by Crippen LogP contribution is -2.17. The number of carbonyl (C=O) groups excluding carboxylic acids is 1. The van der Waals surface area contributed by atoms with Crippen LogP contribution in [0.1, 0.15) is 10.5 Å². The fourth-order valence-corrected chi connectivity index (χ4v) is 3.10. The van der Waals surface area contributed by atoms with E-state index in [-0.39, 0.29) is 21.6 Å². The van der Waals surface area contributed by atoms with Crippen molar-refractivity contribution in [3.63, 3.8) is 0 Å². The number of aromatic amines is 1. The second-order valence-electron chi connectivity index (χ2n) is 5.99. The molecule has 0 fully saturated rings. The van der Waals surface area contributed by atoms with Gasteiger partial charge in [-0.15, -0.1) is 23.4 Å². The van der Waals surface area contributed by atoms with Gasteiger partial charge < -0.3 is 14.5 Å². The van der Waals surface area contributed by atoms with E-state index in [1.54, 1.807) is 24.3 Å². The first kappa shape index (κ1) is 20.5. The molecule has 0 aliphatic rings. The molecule has 0 spiro atoms. The van der Waals surface area contributed by atoms with Gasteiger partial charge in [-0.1, -0.05) is 24.3 Å². The zero-order chi connectivity index (χ0) is 22.0. The molecule has 31 heavy (non-hydrogen) atoms. The average molecular weight is 495 g/mol. The molecule has 1 amide bonds. The van der Waals surface area contributed by atoms with Gasteiger partial charge >= 0.3 is 6.36 Å². The lowest BCUT2D eigenvalue weighted by molar-refractivity contribution is -0.274. The summed E-state index contributed by atoms with van der Waals surface area (Å²) in [4.78, 5) is 16.6. The van der Waals surface area contributed by atoms with Crippen molar-refractivity contribution in [1.82, 2.24) is 25.6 Å². The summed E-state index contributed by atoms with van der Waals surface area (Å²) >= 11 is 2.99. The normalized spacial score (nSPS) is 11.4. The van der Waals surface area contributed by atoms with Gasteiger partial charge in [0.05, 0.1) is 4.47 Å². The zero-order valence-corrected chi connectivity index (χ0v) is 16.7. The molecular formula is C18H10BrF3N6O3. The molecule has 0 atom stereocenters. The number of alkyl halides is 3. The molecule has 0 unspecified atom stereocenters. The van der Waals surface area contributed by atoms with E-state index >= 15 is 0 Å². The molecule has 0 saturated heterocycles. The van der Waals surface area contributed by atoms with E-state index in [0.29, 0.717) is 17.0 Å². The number of amides is 1. The van der Waals surface area contributed by atoms with Crippen molar-refractivity contribution in [2.45, 2.75) is 6.36 Å². The third-order valence-corrected chi connectivity index (χ3v) is 4.57. The van der Waals surface area contributed by atoms with Crippen LogP contribution >= 0.6 is 15.9 Å². The molecule has 0 bridgehead atoms. The molecule has 4 rings (SSSR count). The maximum Gasteiger partial charge on any atom is 0.573 e. The summed E-state index contributed by atoms with van der Waals surface area (Å²) in [5.41, 5.74) is 1.51. The van der Waals surface area contributed by atoms with Crippen molar-refractivity contribution in [2.24, 2.45) is 0 Å². The predicted molar refractivity (Wildman–Crippen MR) is 104 cm³/mol. The maximum absolute atomic E-state index is 12.7. The van der Waals surface area contributed by atoms with Crippen LogP contribution in [-0.4, -0.2) is 37.9 Å². The van der Waals surface area contributed by atoms with Crippen molar-refractivity contribution in [2.75, 3.05) is 5.32 Å². The number of carbonyl (C=O) groups is 1. The van der Waals surface area contributed by atoms with Gasteiger partial charge in [0.2, 0.25) is 5.82 Å². The van der Waals surface area contributed by atoms with E-state index in [2.05, 4.69) is 51.6 Å². The first-order valence-corrected chi connectivity index (χ1v) is 9.24. The fourth-order valence-electron chi connectivity index (χ4n) is 2.64. The van der Waals surface area contributed by atoms with Gasteiger partial charge in [0.15, 0.2) is 17.8 Å². The lowest BCUT2D eigenvalue weighted by Gasteiger charge is -2.12. The first-order chi connectivity index (χ1) is 14.8. The molecule has 0 aliphatic carbocycles. The smallest absolute Gasteiger partial charge is 0.443 e. The van der Waals surface area contributed by atoms with Gasteiger partial charge in [-0.2, -0.15) is 5.21 Å². The molecular weight excluding hydrogens is 485 g/mol. The van der Waals surface area contributed by atoms with Gasteiger partial charge in [-0.25, -0.2) is 4.98 Å². The average Bonchev–Trinajstić information content (AvgIpc) is 3.41. The minimum atomic E-state index is -4.83. The minimum absolute atomic E-state index is 0.000878. The molecule has 2 heterocycles. The standard InChI is InChI=1S/C18H10BrF3N6O3/c19-12-7-11(5-6-13(12)31-18(20,21)22)24-17(29)14-15(30-8-23-14)9-1-3-10(4-2-9)16-25-27-28-26-16/h1-8H,(H,24,29)(H,25,26,27,28). The molecule has 0 saturated carbocycles. The van der Waals surface area contributed by atoms with Crippen molar-refractivity contribution < 1.29 is 27.1 Å². The number of benzene rings is 2. The molecule has 2 N–H and O–H groups in total.